The van der Waals surface area contributed by atoms with Crippen LogP contribution < -0.4 is 5.73 Å². The van der Waals surface area contributed by atoms with Crippen LogP contribution in [-0.2, 0) is 9.53 Å². The van der Waals surface area contributed by atoms with Gasteiger partial charge < -0.3 is 10.5 Å². The van der Waals surface area contributed by atoms with Gasteiger partial charge in [-0.25, -0.2) is 8.78 Å². The molecule has 1 aromatic rings. The van der Waals surface area contributed by atoms with Crippen molar-refractivity contribution < 1.29 is 18.3 Å². The highest BCUT2D eigenvalue weighted by Crippen LogP contribution is 2.26. The number of carbonyl (C=O) groups is 1. The van der Waals surface area contributed by atoms with Crippen molar-refractivity contribution >= 4 is 5.97 Å². The number of carbonyl (C=O) groups excluding carboxylic acids is 1. The molecule has 0 aliphatic heterocycles. The monoisotopic (exact) mass is 243 g/mol. The van der Waals surface area contributed by atoms with Crippen LogP contribution >= 0.6 is 0 Å². The Bertz CT molecular complexity index is 407. The second-order valence-corrected chi connectivity index (χ2v) is 3.91. The van der Waals surface area contributed by atoms with Crippen LogP contribution in [0.2, 0.25) is 0 Å². The standard InChI is InChI=1S/C12H15F2NO2/c1-7(15)9(6-12(16)17-2)10-5-8(13)3-4-11(10)14/h3-5,7,9H,6,15H2,1-2H3. The fourth-order valence-corrected chi connectivity index (χ4v) is 1.64. The van der Waals surface area contributed by atoms with Crippen LogP contribution in [0.15, 0.2) is 18.2 Å². The smallest absolute Gasteiger partial charge is 0.306 e. The third-order valence-corrected chi connectivity index (χ3v) is 2.61. The second kappa shape index (κ2) is 5.72. The van der Waals surface area contributed by atoms with Gasteiger partial charge in [0.25, 0.3) is 0 Å². The van der Waals surface area contributed by atoms with Crippen molar-refractivity contribution in [2.75, 3.05) is 7.11 Å². The maximum Gasteiger partial charge on any atom is 0.306 e. The number of hydrogen-bond acceptors (Lipinski definition) is 3. The zero-order chi connectivity index (χ0) is 13.0. The summed E-state index contributed by atoms with van der Waals surface area (Å²) in [5, 5.41) is 0. The molecule has 1 aromatic carbocycles. The van der Waals surface area contributed by atoms with E-state index in [0.717, 1.165) is 18.2 Å². The van der Waals surface area contributed by atoms with Crippen LogP contribution in [0.3, 0.4) is 0 Å². The molecule has 5 heteroatoms. The van der Waals surface area contributed by atoms with E-state index in [2.05, 4.69) is 4.74 Å². The van der Waals surface area contributed by atoms with E-state index in [-0.39, 0.29) is 12.0 Å². The molecular formula is C12H15F2NO2. The van der Waals surface area contributed by atoms with Crippen LogP contribution in [0.25, 0.3) is 0 Å². The number of ether oxygens (including phenoxy) is 1. The molecule has 2 N–H and O–H groups in total. The molecule has 0 radical (unpaired) electrons. The van der Waals surface area contributed by atoms with Crippen molar-refractivity contribution in [3.63, 3.8) is 0 Å². The molecule has 17 heavy (non-hydrogen) atoms. The van der Waals surface area contributed by atoms with Gasteiger partial charge in [-0.05, 0) is 30.7 Å². The number of methoxy groups -OCH3 is 1. The summed E-state index contributed by atoms with van der Waals surface area (Å²) in [6, 6.07) is 2.63. The summed E-state index contributed by atoms with van der Waals surface area (Å²) < 4.78 is 31.1. The Hall–Kier alpha value is -1.49. The molecule has 2 atom stereocenters. The summed E-state index contributed by atoms with van der Waals surface area (Å²) in [6.07, 6.45) is -0.0749. The normalized spacial score (nSPS) is 14.2. The van der Waals surface area contributed by atoms with Gasteiger partial charge in [-0.2, -0.15) is 0 Å². The Balaban J connectivity index is 3.05. The van der Waals surface area contributed by atoms with E-state index in [1.807, 2.05) is 0 Å². The van der Waals surface area contributed by atoms with E-state index in [4.69, 9.17) is 5.73 Å². The number of rotatable bonds is 4. The van der Waals surface area contributed by atoms with Gasteiger partial charge in [0.2, 0.25) is 0 Å². The van der Waals surface area contributed by atoms with Crippen LogP contribution in [0, 0.1) is 11.6 Å². The van der Waals surface area contributed by atoms with Gasteiger partial charge in [-0.15, -0.1) is 0 Å². The molecule has 1 rings (SSSR count). The number of esters is 1. The first-order valence-corrected chi connectivity index (χ1v) is 5.23. The first-order valence-electron chi connectivity index (χ1n) is 5.23. The second-order valence-electron chi connectivity index (χ2n) is 3.91. The van der Waals surface area contributed by atoms with Crippen molar-refractivity contribution in [1.29, 1.82) is 0 Å². The predicted octanol–water partition coefficient (Wildman–Crippen LogP) is 1.96. The molecule has 0 fully saturated rings. The third kappa shape index (κ3) is 3.49. The Morgan fingerprint density at radius 1 is 1.47 bits per heavy atom. The fourth-order valence-electron chi connectivity index (χ4n) is 1.64. The molecule has 0 aliphatic carbocycles. The molecule has 0 heterocycles. The maximum atomic E-state index is 13.6. The van der Waals surface area contributed by atoms with Gasteiger partial charge in [0, 0.05) is 12.0 Å². The van der Waals surface area contributed by atoms with E-state index in [9.17, 15) is 13.6 Å². The first kappa shape index (κ1) is 13.6. The van der Waals surface area contributed by atoms with Crippen LogP contribution in [0.1, 0.15) is 24.8 Å². The Morgan fingerprint density at radius 3 is 2.65 bits per heavy atom. The Kier molecular flexibility index (Phi) is 4.57. The highest BCUT2D eigenvalue weighted by Gasteiger charge is 2.23. The van der Waals surface area contributed by atoms with Gasteiger partial charge in [0.15, 0.2) is 0 Å². The first-order chi connectivity index (χ1) is 7.95. The highest BCUT2D eigenvalue weighted by molar-refractivity contribution is 5.70. The summed E-state index contributed by atoms with van der Waals surface area (Å²) in [5.41, 5.74) is 5.80. The number of halogens is 2. The maximum absolute atomic E-state index is 13.6. The number of nitrogens with two attached hydrogens (primary N) is 1. The van der Waals surface area contributed by atoms with E-state index in [1.54, 1.807) is 6.92 Å². The Morgan fingerprint density at radius 2 is 2.12 bits per heavy atom. The van der Waals surface area contributed by atoms with Crippen molar-refractivity contribution in [2.24, 2.45) is 5.73 Å². The molecule has 2 unspecified atom stereocenters. The summed E-state index contributed by atoms with van der Waals surface area (Å²) in [6.45, 7) is 1.64. The van der Waals surface area contributed by atoms with Gasteiger partial charge in [0.05, 0.1) is 13.5 Å². The molecule has 0 bridgehead atoms. The lowest BCUT2D eigenvalue weighted by atomic mass is 9.89. The van der Waals surface area contributed by atoms with Crippen molar-refractivity contribution in [1.82, 2.24) is 0 Å². The van der Waals surface area contributed by atoms with Crippen LogP contribution in [-0.4, -0.2) is 19.1 Å². The molecule has 3 nitrogen and oxygen atoms in total. The zero-order valence-electron chi connectivity index (χ0n) is 9.74. The van der Waals surface area contributed by atoms with E-state index >= 15 is 0 Å². The molecule has 0 saturated heterocycles. The van der Waals surface area contributed by atoms with Crippen molar-refractivity contribution in [2.45, 2.75) is 25.3 Å². The lowest BCUT2D eigenvalue weighted by Gasteiger charge is -2.20. The van der Waals surface area contributed by atoms with Gasteiger partial charge in [0.1, 0.15) is 11.6 Å². The predicted molar refractivity (Wildman–Crippen MR) is 59.4 cm³/mol. The minimum Gasteiger partial charge on any atom is -0.469 e. The lowest BCUT2D eigenvalue weighted by Crippen LogP contribution is -2.28. The van der Waals surface area contributed by atoms with Gasteiger partial charge in [-0.3, -0.25) is 4.79 Å². The zero-order valence-corrected chi connectivity index (χ0v) is 9.74. The average Bonchev–Trinajstić information content (AvgIpc) is 2.28. The summed E-state index contributed by atoms with van der Waals surface area (Å²) >= 11 is 0. The summed E-state index contributed by atoms with van der Waals surface area (Å²) in [4.78, 5) is 11.2. The largest absolute Gasteiger partial charge is 0.469 e. The third-order valence-electron chi connectivity index (χ3n) is 2.61. The minimum atomic E-state index is -0.599. The average molecular weight is 243 g/mol. The molecule has 0 amide bonds. The quantitative estimate of drug-likeness (QED) is 0.822. The SMILES string of the molecule is COC(=O)CC(c1cc(F)ccc1F)C(C)N. The van der Waals surface area contributed by atoms with Crippen molar-refractivity contribution in [3.05, 3.63) is 35.4 Å². The summed E-state index contributed by atoms with van der Waals surface area (Å²) in [7, 11) is 1.24. The molecule has 0 aromatic heterocycles. The minimum absolute atomic E-state index is 0.0749. The molecule has 0 saturated carbocycles. The van der Waals surface area contributed by atoms with E-state index in [0.29, 0.717) is 0 Å². The number of benzene rings is 1. The van der Waals surface area contributed by atoms with Crippen LogP contribution in [0.5, 0.6) is 0 Å². The molecule has 0 aliphatic rings. The van der Waals surface area contributed by atoms with E-state index < -0.39 is 29.6 Å². The highest BCUT2D eigenvalue weighted by atomic mass is 19.1. The Labute approximate surface area is 98.6 Å². The van der Waals surface area contributed by atoms with Gasteiger partial charge >= 0.3 is 5.97 Å². The fraction of sp³-hybridized carbons (Fsp3) is 0.417. The van der Waals surface area contributed by atoms with Crippen LogP contribution in [0.4, 0.5) is 8.78 Å². The lowest BCUT2D eigenvalue weighted by molar-refractivity contribution is -0.141. The molecular weight excluding hydrogens is 228 g/mol. The van der Waals surface area contributed by atoms with Crippen molar-refractivity contribution in [3.8, 4) is 0 Å². The topological polar surface area (TPSA) is 52.3 Å². The van der Waals surface area contributed by atoms with Gasteiger partial charge in [-0.1, -0.05) is 0 Å². The molecule has 94 valence electrons. The van der Waals surface area contributed by atoms with E-state index in [1.165, 1.54) is 7.11 Å². The summed E-state index contributed by atoms with van der Waals surface area (Å²) in [5.74, 6) is -2.23. The number of hydrogen-bond donors (Lipinski definition) is 1. The molecule has 0 spiro atoms.